The lowest BCUT2D eigenvalue weighted by atomic mass is 10.1. The highest BCUT2D eigenvalue weighted by molar-refractivity contribution is 6.01. The number of nitriles is 1. The van der Waals surface area contributed by atoms with Crippen LogP contribution in [0.15, 0.2) is 54.1 Å². The van der Waals surface area contributed by atoms with E-state index in [2.05, 4.69) is 5.32 Å². The van der Waals surface area contributed by atoms with Gasteiger partial charge >= 0.3 is 0 Å². The summed E-state index contributed by atoms with van der Waals surface area (Å²) >= 11 is 0. The predicted molar refractivity (Wildman–Crippen MR) is 83.0 cm³/mol. The predicted octanol–water partition coefficient (Wildman–Crippen LogP) is 3.36. The fourth-order valence-electron chi connectivity index (χ4n) is 1.95. The first-order chi connectivity index (χ1) is 10.6. The Morgan fingerprint density at radius 3 is 2.64 bits per heavy atom. The van der Waals surface area contributed by atoms with E-state index >= 15 is 0 Å². The molecule has 2 rings (SSSR count). The quantitative estimate of drug-likeness (QED) is 0.694. The number of carbonyl (C=O) groups excluding carboxylic acids is 1. The normalized spacial score (nSPS) is 10.9. The Hall–Kier alpha value is -2.93. The van der Waals surface area contributed by atoms with Gasteiger partial charge in [0, 0.05) is 6.54 Å². The smallest absolute Gasteiger partial charge is 0.262 e. The highest BCUT2D eigenvalue weighted by Crippen LogP contribution is 2.12. The lowest BCUT2D eigenvalue weighted by molar-refractivity contribution is -0.117. The van der Waals surface area contributed by atoms with E-state index in [4.69, 9.17) is 5.26 Å². The van der Waals surface area contributed by atoms with Crippen LogP contribution in [-0.2, 0) is 11.3 Å². The molecule has 0 fully saturated rings. The van der Waals surface area contributed by atoms with Gasteiger partial charge in [-0.05, 0) is 41.8 Å². The second-order valence-corrected chi connectivity index (χ2v) is 4.85. The minimum absolute atomic E-state index is 0.0121. The maximum atomic E-state index is 13.2. The molecule has 2 aromatic carbocycles. The highest BCUT2D eigenvalue weighted by Gasteiger charge is 2.09. The molecular weight excluding hydrogens is 279 g/mol. The first kappa shape index (κ1) is 15.5. The third kappa shape index (κ3) is 4.03. The number of carbonyl (C=O) groups is 1. The summed E-state index contributed by atoms with van der Waals surface area (Å²) in [5, 5.41) is 11.8. The molecule has 0 spiro atoms. The van der Waals surface area contributed by atoms with E-state index in [-0.39, 0.29) is 11.4 Å². The number of hydrogen-bond donors (Lipinski definition) is 1. The fraction of sp³-hybridized carbons (Fsp3) is 0.111. The molecule has 0 bridgehead atoms. The van der Waals surface area contributed by atoms with E-state index in [1.807, 2.05) is 36.4 Å². The first-order valence-electron chi connectivity index (χ1n) is 6.80. The van der Waals surface area contributed by atoms with Crippen molar-refractivity contribution in [3.63, 3.8) is 0 Å². The molecule has 2 aromatic rings. The average molecular weight is 294 g/mol. The van der Waals surface area contributed by atoms with Crippen LogP contribution in [0.4, 0.5) is 4.39 Å². The summed E-state index contributed by atoms with van der Waals surface area (Å²) in [4.78, 5) is 12.0. The Morgan fingerprint density at radius 1 is 1.27 bits per heavy atom. The Labute approximate surface area is 128 Å². The van der Waals surface area contributed by atoms with Gasteiger partial charge in [-0.2, -0.15) is 5.26 Å². The summed E-state index contributed by atoms with van der Waals surface area (Å²) in [6.45, 7) is 1.98. The lowest BCUT2D eigenvalue weighted by Gasteiger charge is -2.05. The van der Waals surface area contributed by atoms with Gasteiger partial charge in [-0.15, -0.1) is 0 Å². The summed E-state index contributed by atoms with van der Waals surface area (Å²) in [5.74, 6) is -0.766. The molecule has 1 amide bonds. The minimum Gasteiger partial charge on any atom is -0.347 e. The second-order valence-electron chi connectivity index (χ2n) is 4.85. The molecule has 0 heterocycles. The third-order valence-electron chi connectivity index (χ3n) is 3.15. The van der Waals surface area contributed by atoms with Crippen molar-refractivity contribution in [2.75, 3.05) is 0 Å². The molecular formula is C18H15FN2O. The molecule has 110 valence electrons. The molecule has 22 heavy (non-hydrogen) atoms. The van der Waals surface area contributed by atoms with E-state index in [0.717, 1.165) is 5.56 Å². The van der Waals surface area contributed by atoms with Gasteiger partial charge in [0.15, 0.2) is 0 Å². The molecule has 0 unspecified atom stereocenters. The summed E-state index contributed by atoms with van der Waals surface area (Å²) in [6.07, 6.45) is 1.45. The fourth-order valence-corrected chi connectivity index (χ4v) is 1.95. The first-order valence-corrected chi connectivity index (χ1v) is 6.80. The van der Waals surface area contributed by atoms with Crippen molar-refractivity contribution >= 4 is 12.0 Å². The molecule has 0 saturated heterocycles. The standard InChI is InChI=1S/C18H15FN2O/c1-13-9-15(7-8-17(13)19)10-16(11-20)18(22)21-12-14-5-3-2-4-6-14/h2-10H,12H2,1H3,(H,21,22)/b16-10-. The summed E-state index contributed by atoms with van der Waals surface area (Å²) < 4.78 is 13.2. The number of benzene rings is 2. The van der Waals surface area contributed by atoms with E-state index in [9.17, 15) is 9.18 Å². The number of halogens is 1. The van der Waals surface area contributed by atoms with Crippen LogP contribution in [0.1, 0.15) is 16.7 Å². The monoisotopic (exact) mass is 294 g/mol. The lowest BCUT2D eigenvalue weighted by Crippen LogP contribution is -2.23. The van der Waals surface area contributed by atoms with Crippen LogP contribution in [0.25, 0.3) is 6.08 Å². The molecule has 0 aliphatic rings. The Bertz CT molecular complexity index is 745. The van der Waals surface area contributed by atoms with Crippen LogP contribution in [0.3, 0.4) is 0 Å². The summed E-state index contributed by atoms with van der Waals surface area (Å²) in [6, 6.07) is 15.7. The summed E-state index contributed by atoms with van der Waals surface area (Å²) in [5.41, 5.74) is 2.02. The second kappa shape index (κ2) is 7.19. The van der Waals surface area contributed by atoms with Gasteiger partial charge < -0.3 is 5.32 Å². The van der Waals surface area contributed by atoms with Crippen LogP contribution in [-0.4, -0.2) is 5.91 Å². The molecule has 1 N–H and O–H groups in total. The van der Waals surface area contributed by atoms with Gasteiger partial charge in [0.1, 0.15) is 17.5 Å². The van der Waals surface area contributed by atoms with E-state index in [1.165, 1.54) is 18.2 Å². The molecule has 0 aliphatic heterocycles. The number of rotatable bonds is 4. The molecule has 0 aromatic heterocycles. The zero-order chi connectivity index (χ0) is 15.9. The Kier molecular flexibility index (Phi) is 5.05. The van der Waals surface area contributed by atoms with Crippen LogP contribution in [0.2, 0.25) is 0 Å². The van der Waals surface area contributed by atoms with E-state index in [1.54, 1.807) is 13.0 Å². The number of hydrogen-bond acceptors (Lipinski definition) is 2. The molecule has 4 heteroatoms. The van der Waals surface area contributed by atoms with Crippen molar-refractivity contribution in [1.82, 2.24) is 5.32 Å². The molecule has 0 saturated carbocycles. The zero-order valence-electron chi connectivity index (χ0n) is 12.1. The molecule has 3 nitrogen and oxygen atoms in total. The van der Waals surface area contributed by atoms with Crippen molar-refractivity contribution in [3.05, 3.63) is 76.6 Å². The van der Waals surface area contributed by atoms with Crippen molar-refractivity contribution < 1.29 is 9.18 Å². The van der Waals surface area contributed by atoms with Gasteiger partial charge in [-0.3, -0.25) is 4.79 Å². The molecule has 0 radical (unpaired) electrons. The van der Waals surface area contributed by atoms with Gasteiger partial charge in [0.05, 0.1) is 0 Å². The van der Waals surface area contributed by atoms with Crippen LogP contribution in [0.5, 0.6) is 0 Å². The van der Waals surface area contributed by atoms with Crippen LogP contribution in [0, 0.1) is 24.1 Å². The highest BCUT2D eigenvalue weighted by atomic mass is 19.1. The largest absolute Gasteiger partial charge is 0.347 e. The topological polar surface area (TPSA) is 52.9 Å². The van der Waals surface area contributed by atoms with Gasteiger partial charge in [-0.1, -0.05) is 36.4 Å². The Balaban J connectivity index is 2.10. The zero-order valence-corrected chi connectivity index (χ0v) is 12.1. The number of nitrogens with one attached hydrogen (secondary N) is 1. The maximum absolute atomic E-state index is 13.2. The van der Waals surface area contributed by atoms with Crippen molar-refractivity contribution in [1.29, 1.82) is 5.26 Å². The Morgan fingerprint density at radius 2 is 2.00 bits per heavy atom. The average Bonchev–Trinajstić information content (AvgIpc) is 2.54. The summed E-state index contributed by atoms with van der Waals surface area (Å²) in [7, 11) is 0. The van der Waals surface area contributed by atoms with Crippen molar-refractivity contribution in [2.24, 2.45) is 0 Å². The van der Waals surface area contributed by atoms with Crippen LogP contribution >= 0.6 is 0 Å². The van der Waals surface area contributed by atoms with Gasteiger partial charge in [-0.25, -0.2) is 4.39 Å². The maximum Gasteiger partial charge on any atom is 0.262 e. The van der Waals surface area contributed by atoms with Crippen molar-refractivity contribution in [2.45, 2.75) is 13.5 Å². The van der Waals surface area contributed by atoms with Gasteiger partial charge in [0.2, 0.25) is 0 Å². The van der Waals surface area contributed by atoms with E-state index < -0.39 is 5.91 Å². The molecule has 0 aliphatic carbocycles. The SMILES string of the molecule is Cc1cc(/C=C(/C#N)C(=O)NCc2ccccc2)ccc1F. The third-order valence-corrected chi connectivity index (χ3v) is 3.15. The van der Waals surface area contributed by atoms with E-state index in [0.29, 0.717) is 17.7 Å². The van der Waals surface area contributed by atoms with Gasteiger partial charge in [0.25, 0.3) is 5.91 Å². The number of nitrogens with zero attached hydrogens (tertiary/aromatic N) is 1. The number of aryl methyl sites for hydroxylation is 1. The minimum atomic E-state index is -0.451. The van der Waals surface area contributed by atoms with Crippen molar-refractivity contribution in [3.8, 4) is 6.07 Å². The number of amides is 1. The van der Waals surface area contributed by atoms with Crippen LogP contribution < -0.4 is 5.32 Å². The molecule has 0 atom stereocenters.